The van der Waals surface area contributed by atoms with E-state index in [1.807, 2.05) is 30.3 Å². The Bertz CT molecular complexity index is 572. The number of aromatic nitrogens is 1. The number of nitrogens with zero attached hydrogens (tertiary/aromatic N) is 1. The molecule has 1 aromatic carbocycles. The van der Waals surface area contributed by atoms with E-state index >= 15 is 0 Å². The Kier molecular flexibility index (Phi) is 5.59. The van der Waals surface area contributed by atoms with E-state index < -0.39 is 0 Å². The Hall–Kier alpha value is -1.58. The van der Waals surface area contributed by atoms with Gasteiger partial charge in [-0.2, -0.15) is 0 Å². The van der Waals surface area contributed by atoms with Crippen molar-refractivity contribution in [3.8, 4) is 0 Å². The van der Waals surface area contributed by atoms with Gasteiger partial charge < -0.3 is 10.4 Å². The Morgan fingerprint density at radius 2 is 2.05 bits per heavy atom. The lowest BCUT2D eigenvalue weighted by molar-refractivity contribution is 0.282. The average Bonchev–Trinajstić information content (AvgIpc) is 2.49. The molecule has 0 fully saturated rings. The van der Waals surface area contributed by atoms with Gasteiger partial charge in [-0.1, -0.05) is 37.6 Å². The van der Waals surface area contributed by atoms with Gasteiger partial charge in [0.1, 0.15) is 0 Å². The van der Waals surface area contributed by atoms with Gasteiger partial charge in [0.2, 0.25) is 0 Å². The minimum absolute atomic E-state index is 0.00425. The number of aliphatic hydroxyl groups is 1. The van der Waals surface area contributed by atoms with E-state index in [-0.39, 0.29) is 12.6 Å². The maximum absolute atomic E-state index is 9.27. The summed E-state index contributed by atoms with van der Waals surface area (Å²) in [6, 6.07) is 11.5. The molecule has 4 heteroatoms. The number of nitrogens with one attached hydrogen (secondary N) is 1. The van der Waals surface area contributed by atoms with Crippen molar-refractivity contribution in [1.82, 2.24) is 4.98 Å². The zero-order valence-corrected chi connectivity index (χ0v) is 13.1. The SMILES string of the molecule is CC(C)CC(Nc1cc(CO)ccc1Cl)c1ccccn1. The molecule has 2 rings (SSSR count). The Labute approximate surface area is 131 Å². The van der Waals surface area contributed by atoms with E-state index in [1.165, 1.54) is 0 Å². The monoisotopic (exact) mass is 304 g/mol. The highest BCUT2D eigenvalue weighted by Crippen LogP contribution is 2.30. The van der Waals surface area contributed by atoms with Crippen LogP contribution in [0.5, 0.6) is 0 Å². The first kappa shape index (κ1) is 15.8. The summed E-state index contributed by atoms with van der Waals surface area (Å²) in [7, 11) is 0. The van der Waals surface area contributed by atoms with Crippen LogP contribution in [0.25, 0.3) is 0 Å². The fourth-order valence-corrected chi connectivity index (χ4v) is 2.45. The number of hydrogen-bond donors (Lipinski definition) is 2. The van der Waals surface area contributed by atoms with E-state index in [1.54, 1.807) is 12.3 Å². The maximum Gasteiger partial charge on any atom is 0.0688 e. The molecule has 0 bridgehead atoms. The molecule has 21 heavy (non-hydrogen) atoms. The molecule has 112 valence electrons. The number of benzene rings is 1. The molecule has 1 unspecified atom stereocenters. The summed E-state index contributed by atoms with van der Waals surface area (Å²) in [5.41, 5.74) is 2.67. The number of pyridine rings is 1. The van der Waals surface area contributed by atoms with E-state index in [2.05, 4.69) is 24.1 Å². The maximum atomic E-state index is 9.27. The number of rotatable bonds is 6. The van der Waals surface area contributed by atoms with Gasteiger partial charge in [-0.15, -0.1) is 0 Å². The van der Waals surface area contributed by atoms with Crippen LogP contribution in [0.2, 0.25) is 5.02 Å². The summed E-state index contributed by atoms with van der Waals surface area (Å²) in [6.07, 6.45) is 2.76. The zero-order chi connectivity index (χ0) is 15.2. The van der Waals surface area contributed by atoms with Crippen LogP contribution in [0.4, 0.5) is 5.69 Å². The highest BCUT2D eigenvalue weighted by atomic mass is 35.5. The molecule has 1 heterocycles. The molecule has 1 aromatic heterocycles. The molecule has 0 amide bonds. The van der Waals surface area contributed by atoms with Crippen LogP contribution < -0.4 is 5.32 Å². The number of halogens is 1. The molecule has 0 aliphatic rings. The van der Waals surface area contributed by atoms with E-state index in [0.29, 0.717) is 10.9 Å². The van der Waals surface area contributed by atoms with Gasteiger partial charge >= 0.3 is 0 Å². The molecule has 2 N–H and O–H groups in total. The van der Waals surface area contributed by atoms with Crippen molar-refractivity contribution in [3.05, 3.63) is 58.9 Å². The lowest BCUT2D eigenvalue weighted by Gasteiger charge is -2.22. The van der Waals surface area contributed by atoms with Crippen molar-refractivity contribution in [2.75, 3.05) is 5.32 Å². The molecular weight excluding hydrogens is 284 g/mol. The zero-order valence-electron chi connectivity index (χ0n) is 12.4. The van der Waals surface area contributed by atoms with Crippen LogP contribution in [0, 0.1) is 5.92 Å². The first-order valence-electron chi connectivity index (χ1n) is 7.17. The van der Waals surface area contributed by atoms with Crippen molar-refractivity contribution in [2.45, 2.75) is 32.9 Å². The van der Waals surface area contributed by atoms with Crippen molar-refractivity contribution in [3.63, 3.8) is 0 Å². The van der Waals surface area contributed by atoms with Crippen molar-refractivity contribution < 1.29 is 5.11 Å². The van der Waals surface area contributed by atoms with Gasteiger partial charge in [-0.25, -0.2) is 0 Å². The van der Waals surface area contributed by atoms with Gasteiger partial charge in [0.15, 0.2) is 0 Å². The molecule has 0 aliphatic heterocycles. The smallest absolute Gasteiger partial charge is 0.0688 e. The second kappa shape index (κ2) is 7.43. The molecule has 0 radical (unpaired) electrons. The first-order chi connectivity index (χ1) is 10.1. The van der Waals surface area contributed by atoms with Crippen LogP contribution in [-0.4, -0.2) is 10.1 Å². The largest absolute Gasteiger partial charge is 0.392 e. The Balaban J connectivity index is 2.27. The fourth-order valence-electron chi connectivity index (χ4n) is 2.28. The molecule has 0 saturated carbocycles. The second-order valence-corrected chi connectivity index (χ2v) is 5.96. The summed E-state index contributed by atoms with van der Waals surface area (Å²) in [4.78, 5) is 4.45. The van der Waals surface area contributed by atoms with Crippen LogP contribution in [0.15, 0.2) is 42.6 Å². The molecule has 0 spiro atoms. The predicted molar refractivity (Wildman–Crippen MR) is 87.4 cm³/mol. The quantitative estimate of drug-likeness (QED) is 0.830. The Morgan fingerprint density at radius 1 is 1.24 bits per heavy atom. The summed E-state index contributed by atoms with van der Waals surface area (Å²) in [5.74, 6) is 0.532. The standard InChI is InChI=1S/C17H21ClN2O/c1-12(2)9-17(15-5-3-4-8-19-15)20-16-10-13(11-21)6-7-14(16)18/h3-8,10,12,17,20-21H,9,11H2,1-2H3. The summed E-state index contributed by atoms with van der Waals surface area (Å²) >= 11 is 6.26. The molecule has 0 aliphatic carbocycles. The average molecular weight is 305 g/mol. The minimum Gasteiger partial charge on any atom is -0.392 e. The summed E-state index contributed by atoms with van der Waals surface area (Å²) in [5, 5.41) is 13.4. The molecule has 0 saturated heterocycles. The topological polar surface area (TPSA) is 45.1 Å². The van der Waals surface area contributed by atoms with Crippen LogP contribution >= 0.6 is 11.6 Å². The van der Waals surface area contributed by atoms with Gasteiger partial charge in [0.25, 0.3) is 0 Å². The highest BCUT2D eigenvalue weighted by molar-refractivity contribution is 6.33. The minimum atomic E-state index is 0.00425. The van der Waals surface area contributed by atoms with Gasteiger partial charge in [0, 0.05) is 6.20 Å². The van der Waals surface area contributed by atoms with Crippen molar-refractivity contribution in [2.24, 2.45) is 5.92 Å². The van der Waals surface area contributed by atoms with Crippen molar-refractivity contribution in [1.29, 1.82) is 0 Å². The predicted octanol–water partition coefficient (Wildman–Crippen LogP) is 4.43. The van der Waals surface area contributed by atoms with Crippen molar-refractivity contribution >= 4 is 17.3 Å². The third-order valence-corrected chi connectivity index (χ3v) is 3.62. The number of aliphatic hydroxyl groups excluding tert-OH is 1. The molecule has 2 aromatic rings. The van der Waals surface area contributed by atoms with Gasteiger partial charge in [-0.05, 0) is 42.2 Å². The normalized spacial score (nSPS) is 12.4. The van der Waals surface area contributed by atoms with E-state index in [9.17, 15) is 5.11 Å². The lowest BCUT2D eigenvalue weighted by atomic mass is 10.00. The van der Waals surface area contributed by atoms with Crippen LogP contribution in [-0.2, 0) is 6.61 Å². The third kappa shape index (κ3) is 4.45. The first-order valence-corrected chi connectivity index (χ1v) is 7.54. The highest BCUT2D eigenvalue weighted by Gasteiger charge is 2.16. The summed E-state index contributed by atoms with van der Waals surface area (Å²) in [6.45, 7) is 4.37. The molecule has 1 atom stereocenters. The van der Waals surface area contributed by atoms with Crippen LogP contribution in [0.1, 0.15) is 37.6 Å². The fraction of sp³-hybridized carbons (Fsp3) is 0.353. The molecule has 3 nitrogen and oxygen atoms in total. The third-order valence-electron chi connectivity index (χ3n) is 3.29. The Morgan fingerprint density at radius 3 is 2.67 bits per heavy atom. The van der Waals surface area contributed by atoms with Gasteiger partial charge in [-0.3, -0.25) is 4.98 Å². The summed E-state index contributed by atoms with van der Waals surface area (Å²) < 4.78 is 0. The number of anilines is 1. The second-order valence-electron chi connectivity index (χ2n) is 5.55. The van der Waals surface area contributed by atoms with E-state index in [4.69, 9.17) is 11.6 Å². The van der Waals surface area contributed by atoms with Crippen LogP contribution in [0.3, 0.4) is 0 Å². The van der Waals surface area contributed by atoms with Gasteiger partial charge in [0.05, 0.1) is 29.1 Å². The molecular formula is C17H21ClN2O. The number of hydrogen-bond acceptors (Lipinski definition) is 3. The van der Waals surface area contributed by atoms with E-state index in [0.717, 1.165) is 23.4 Å². The lowest BCUT2D eigenvalue weighted by Crippen LogP contribution is -2.15.